The second kappa shape index (κ2) is 7.55. The maximum atomic E-state index is 5.67. The van der Waals surface area contributed by atoms with E-state index in [0.717, 1.165) is 13.0 Å². The summed E-state index contributed by atoms with van der Waals surface area (Å²) >= 11 is 0. The molecule has 102 valence electrons. The number of rotatable bonds is 7. The van der Waals surface area contributed by atoms with E-state index in [1.165, 1.54) is 11.1 Å². The Morgan fingerprint density at radius 1 is 1.06 bits per heavy atom. The highest BCUT2D eigenvalue weighted by Gasteiger charge is 2.09. The van der Waals surface area contributed by atoms with E-state index in [1.54, 1.807) is 0 Å². The van der Waals surface area contributed by atoms with Gasteiger partial charge in [-0.2, -0.15) is 0 Å². The summed E-state index contributed by atoms with van der Waals surface area (Å²) in [6.45, 7) is 9.36. The lowest BCUT2D eigenvalue weighted by Crippen LogP contribution is -2.33. The fourth-order valence-corrected chi connectivity index (χ4v) is 1.88. The third-order valence-electron chi connectivity index (χ3n) is 3.17. The molecule has 0 bridgehead atoms. The molecule has 0 aliphatic rings. The first-order valence-corrected chi connectivity index (χ1v) is 6.90. The van der Waals surface area contributed by atoms with Gasteiger partial charge in [-0.3, -0.25) is 0 Å². The number of benzene rings is 1. The number of nitrogens with one attached hydrogen (secondary N) is 1. The van der Waals surface area contributed by atoms with E-state index < -0.39 is 0 Å². The quantitative estimate of drug-likeness (QED) is 0.800. The minimum atomic E-state index is 0.296. The summed E-state index contributed by atoms with van der Waals surface area (Å²) in [7, 11) is 2.00. The van der Waals surface area contributed by atoms with Gasteiger partial charge in [0.2, 0.25) is 0 Å². The van der Waals surface area contributed by atoms with Gasteiger partial charge >= 0.3 is 0 Å². The normalized spacial score (nSPS) is 13.3. The van der Waals surface area contributed by atoms with E-state index in [0.29, 0.717) is 18.1 Å². The molecule has 0 saturated heterocycles. The Morgan fingerprint density at radius 2 is 1.67 bits per heavy atom. The lowest BCUT2D eigenvalue weighted by molar-refractivity contribution is 0.0628. The average Bonchev–Trinajstić information content (AvgIpc) is 2.34. The van der Waals surface area contributed by atoms with Gasteiger partial charge in [-0.15, -0.1) is 0 Å². The lowest BCUT2D eigenvalue weighted by atomic mass is 9.99. The highest BCUT2D eigenvalue weighted by atomic mass is 16.5. The van der Waals surface area contributed by atoms with Crippen LogP contribution in [0.1, 0.15) is 44.7 Å². The van der Waals surface area contributed by atoms with Crippen molar-refractivity contribution in [2.75, 3.05) is 13.7 Å². The Bertz CT molecular complexity index is 329. The topological polar surface area (TPSA) is 21.3 Å². The van der Waals surface area contributed by atoms with Crippen molar-refractivity contribution in [1.82, 2.24) is 5.32 Å². The van der Waals surface area contributed by atoms with Crippen LogP contribution in [0.4, 0.5) is 0 Å². The van der Waals surface area contributed by atoms with Gasteiger partial charge in [-0.1, -0.05) is 38.1 Å². The smallest absolute Gasteiger partial charge is 0.0626 e. The third-order valence-corrected chi connectivity index (χ3v) is 3.17. The molecule has 0 aliphatic carbocycles. The molecule has 0 heterocycles. The van der Waals surface area contributed by atoms with Gasteiger partial charge in [0.25, 0.3) is 0 Å². The predicted molar refractivity (Wildman–Crippen MR) is 78.2 cm³/mol. The summed E-state index contributed by atoms with van der Waals surface area (Å²) in [6.07, 6.45) is 1.31. The molecule has 2 nitrogen and oxygen atoms in total. The third kappa shape index (κ3) is 5.19. The molecule has 2 heteroatoms. The second-order valence-corrected chi connectivity index (χ2v) is 5.47. The molecule has 1 aromatic carbocycles. The van der Waals surface area contributed by atoms with Crippen molar-refractivity contribution in [3.05, 3.63) is 35.4 Å². The van der Waals surface area contributed by atoms with Crippen LogP contribution in [0.3, 0.4) is 0 Å². The van der Waals surface area contributed by atoms with Gasteiger partial charge in [-0.05, 0) is 44.4 Å². The monoisotopic (exact) mass is 249 g/mol. The SMILES string of the molecule is CNC(COC(C)C)Cc1ccc(C(C)C)cc1. The van der Waals surface area contributed by atoms with E-state index in [9.17, 15) is 0 Å². The molecule has 0 saturated carbocycles. The van der Waals surface area contributed by atoms with Crippen molar-refractivity contribution in [2.24, 2.45) is 0 Å². The molecule has 1 N–H and O–H groups in total. The van der Waals surface area contributed by atoms with E-state index in [1.807, 2.05) is 7.05 Å². The van der Waals surface area contributed by atoms with E-state index in [2.05, 4.69) is 57.3 Å². The molecule has 0 aliphatic heterocycles. The summed E-state index contributed by atoms with van der Waals surface area (Å²) in [5.74, 6) is 0.600. The Morgan fingerprint density at radius 3 is 2.11 bits per heavy atom. The molecule has 1 unspecified atom stereocenters. The molecule has 0 amide bonds. The van der Waals surface area contributed by atoms with Crippen LogP contribution in [-0.2, 0) is 11.2 Å². The van der Waals surface area contributed by atoms with Crippen molar-refractivity contribution in [3.8, 4) is 0 Å². The molecule has 1 atom stereocenters. The number of likely N-dealkylation sites (N-methyl/N-ethyl adjacent to an activating group) is 1. The summed E-state index contributed by atoms with van der Waals surface area (Å²) in [5.41, 5.74) is 2.77. The average molecular weight is 249 g/mol. The molecule has 0 radical (unpaired) electrons. The fraction of sp³-hybridized carbons (Fsp3) is 0.625. The van der Waals surface area contributed by atoms with Crippen molar-refractivity contribution in [3.63, 3.8) is 0 Å². The Balaban J connectivity index is 2.53. The van der Waals surface area contributed by atoms with Gasteiger partial charge in [0, 0.05) is 6.04 Å². The van der Waals surface area contributed by atoms with Gasteiger partial charge in [0.05, 0.1) is 12.7 Å². The van der Waals surface area contributed by atoms with Crippen molar-refractivity contribution >= 4 is 0 Å². The van der Waals surface area contributed by atoms with Gasteiger partial charge in [-0.25, -0.2) is 0 Å². The van der Waals surface area contributed by atoms with Gasteiger partial charge in [0.1, 0.15) is 0 Å². The minimum absolute atomic E-state index is 0.296. The number of ether oxygens (including phenoxy) is 1. The summed E-state index contributed by atoms with van der Waals surface area (Å²) in [4.78, 5) is 0. The maximum absolute atomic E-state index is 5.67. The number of hydrogen-bond donors (Lipinski definition) is 1. The van der Waals surface area contributed by atoms with Crippen molar-refractivity contribution in [2.45, 2.75) is 52.2 Å². The van der Waals surface area contributed by atoms with Crippen LogP contribution >= 0.6 is 0 Å². The molecule has 1 rings (SSSR count). The van der Waals surface area contributed by atoms with Crippen molar-refractivity contribution < 1.29 is 4.74 Å². The zero-order valence-electron chi connectivity index (χ0n) is 12.4. The predicted octanol–water partition coefficient (Wildman–Crippen LogP) is 3.37. The van der Waals surface area contributed by atoms with E-state index in [-0.39, 0.29) is 0 Å². The lowest BCUT2D eigenvalue weighted by Gasteiger charge is -2.18. The first kappa shape index (κ1) is 15.2. The minimum Gasteiger partial charge on any atom is -0.377 e. The summed E-state index contributed by atoms with van der Waals surface area (Å²) < 4.78 is 5.67. The zero-order valence-corrected chi connectivity index (χ0v) is 12.4. The Kier molecular flexibility index (Phi) is 6.37. The highest BCUT2D eigenvalue weighted by molar-refractivity contribution is 5.25. The Labute approximate surface area is 112 Å². The van der Waals surface area contributed by atoms with Crippen LogP contribution in [0.5, 0.6) is 0 Å². The van der Waals surface area contributed by atoms with Crippen LogP contribution in [-0.4, -0.2) is 25.8 Å². The number of hydrogen-bond acceptors (Lipinski definition) is 2. The maximum Gasteiger partial charge on any atom is 0.0626 e. The van der Waals surface area contributed by atoms with Crippen LogP contribution < -0.4 is 5.32 Å². The van der Waals surface area contributed by atoms with Crippen LogP contribution in [0.25, 0.3) is 0 Å². The molecule has 18 heavy (non-hydrogen) atoms. The van der Waals surface area contributed by atoms with Crippen LogP contribution in [0.15, 0.2) is 24.3 Å². The molecule has 0 fully saturated rings. The summed E-state index contributed by atoms with van der Waals surface area (Å²) in [5, 5.41) is 3.32. The first-order valence-electron chi connectivity index (χ1n) is 6.90. The Hall–Kier alpha value is -0.860. The van der Waals surface area contributed by atoms with E-state index >= 15 is 0 Å². The van der Waals surface area contributed by atoms with Crippen LogP contribution in [0.2, 0.25) is 0 Å². The first-order chi connectivity index (χ1) is 8.52. The van der Waals surface area contributed by atoms with Gasteiger partial charge < -0.3 is 10.1 Å². The second-order valence-electron chi connectivity index (χ2n) is 5.47. The largest absolute Gasteiger partial charge is 0.377 e. The molecule has 1 aromatic rings. The highest BCUT2D eigenvalue weighted by Crippen LogP contribution is 2.15. The van der Waals surface area contributed by atoms with Crippen LogP contribution in [0, 0.1) is 0 Å². The standard InChI is InChI=1S/C16H27NO/c1-12(2)15-8-6-14(7-9-15)10-16(17-5)11-18-13(3)4/h6-9,12-13,16-17H,10-11H2,1-5H3. The van der Waals surface area contributed by atoms with Gasteiger partial charge in [0.15, 0.2) is 0 Å². The van der Waals surface area contributed by atoms with Crippen molar-refractivity contribution in [1.29, 1.82) is 0 Å². The molecular weight excluding hydrogens is 222 g/mol. The zero-order chi connectivity index (χ0) is 13.5. The molecular formula is C16H27NO. The van der Waals surface area contributed by atoms with E-state index in [4.69, 9.17) is 4.74 Å². The summed E-state index contributed by atoms with van der Waals surface area (Å²) in [6, 6.07) is 9.31. The fourth-order valence-electron chi connectivity index (χ4n) is 1.88. The molecule has 0 aromatic heterocycles. The molecule has 0 spiro atoms.